The number of Topliss-reactive ketones (excluding diaryl/α,β-unsaturated/α-hetero) is 1. The summed E-state index contributed by atoms with van der Waals surface area (Å²) in [6.45, 7) is 6.93. The molecule has 1 N–H and O–H groups in total. The van der Waals surface area contributed by atoms with Gasteiger partial charge in [0.1, 0.15) is 0 Å². The lowest BCUT2D eigenvalue weighted by Gasteiger charge is -2.18. The maximum atomic E-state index is 12.8. The Bertz CT molecular complexity index is 1040. The minimum atomic E-state index is -1.07. The fourth-order valence-corrected chi connectivity index (χ4v) is 3.77. The van der Waals surface area contributed by atoms with Crippen molar-refractivity contribution in [3.05, 3.63) is 52.3 Å². The number of amides is 1. The summed E-state index contributed by atoms with van der Waals surface area (Å²) in [6, 6.07) is 7.47. The van der Waals surface area contributed by atoms with Crippen molar-refractivity contribution in [2.45, 2.75) is 40.2 Å². The van der Waals surface area contributed by atoms with Crippen LogP contribution in [0.4, 0.5) is 5.69 Å². The average molecular weight is 426 g/mol. The molecule has 1 saturated heterocycles. The highest BCUT2D eigenvalue weighted by atomic mass is 16.5. The molecule has 31 heavy (non-hydrogen) atoms. The quantitative estimate of drug-likeness (QED) is 0.562. The molecule has 1 aliphatic heterocycles. The molecule has 1 aromatic heterocycles. The van der Waals surface area contributed by atoms with Gasteiger partial charge >= 0.3 is 11.9 Å². The van der Waals surface area contributed by atoms with E-state index in [0.29, 0.717) is 16.8 Å². The van der Waals surface area contributed by atoms with E-state index in [2.05, 4.69) is 4.98 Å². The molecule has 1 amide bonds. The number of benzene rings is 1. The van der Waals surface area contributed by atoms with E-state index in [4.69, 9.17) is 9.47 Å². The molecule has 0 unspecified atom stereocenters. The fraction of sp³-hybridized carbons (Fsp3) is 0.391. The second-order valence-corrected chi connectivity index (χ2v) is 7.80. The number of ketones is 1. The van der Waals surface area contributed by atoms with Crippen LogP contribution in [-0.4, -0.2) is 48.4 Å². The third-order valence-electron chi connectivity index (χ3n) is 5.54. The van der Waals surface area contributed by atoms with Crippen molar-refractivity contribution in [1.82, 2.24) is 4.98 Å². The number of carbonyl (C=O) groups excluding carboxylic acids is 4. The highest BCUT2D eigenvalue weighted by Gasteiger charge is 2.38. The van der Waals surface area contributed by atoms with E-state index >= 15 is 0 Å². The molecule has 0 aliphatic carbocycles. The van der Waals surface area contributed by atoms with Crippen LogP contribution in [0.3, 0.4) is 0 Å². The highest BCUT2D eigenvalue weighted by Crippen LogP contribution is 2.27. The predicted octanol–water partition coefficient (Wildman–Crippen LogP) is 2.89. The normalized spacial score (nSPS) is 16.9. The summed E-state index contributed by atoms with van der Waals surface area (Å²) in [6.07, 6.45) is -1.04. The van der Waals surface area contributed by atoms with Gasteiger partial charge in [-0.15, -0.1) is 0 Å². The van der Waals surface area contributed by atoms with E-state index in [1.165, 1.54) is 14.0 Å². The number of hydrogen-bond donors (Lipinski definition) is 1. The second-order valence-electron chi connectivity index (χ2n) is 7.80. The first-order valence-corrected chi connectivity index (χ1v) is 10.0. The van der Waals surface area contributed by atoms with Crippen molar-refractivity contribution in [1.29, 1.82) is 0 Å². The van der Waals surface area contributed by atoms with E-state index < -0.39 is 29.7 Å². The monoisotopic (exact) mass is 426 g/mol. The molecule has 2 aromatic rings. The van der Waals surface area contributed by atoms with Gasteiger partial charge in [0.05, 0.1) is 24.3 Å². The maximum absolute atomic E-state index is 12.8. The lowest BCUT2D eigenvalue weighted by molar-refractivity contribution is -0.151. The van der Waals surface area contributed by atoms with Gasteiger partial charge in [0.2, 0.25) is 11.7 Å². The Morgan fingerprint density at radius 1 is 1.13 bits per heavy atom. The summed E-state index contributed by atoms with van der Waals surface area (Å²) in [5.41, 5.74) is 3.23. The molecule has 1 fully saturated rings. The summed E-state index contributed by atoms with van der Waals surface area (Å²) in [5, 5.41) is 0. The number of H-pyrrole nitrogens is 1. The number of aryl methyl sites for hydroxylation is 2. The molecule has 3 rings (SSSR count). The van der Waals surface area contributed by atoms with Crippen LogP contribution < -0.4 is 4.90 Å². The lowest BCUT2D eigenvalue weighted by Crippen LogP contribution is -2.30. The Balaban J connectivity index is 1.68. The zero-order valence-corrected chi connectivity index (χ0v) is 18.3. The largest absolute Gasteiger partial charge is 0.465 e. The van der Waals surface area contributed by atoms with Crippen molar-refractivity contribution < 1.29 is 28.7 Å². The molecule has 8 heteroatoms. The van der Waals surface area contributed by atoms with Crippen LogP contribution >= 0.6 is 0 Å². The van der Waals surface area contributed by atoms with E-state index in [0.717, 1.165) is 11.3 Å². The number of anilines is 1. The second kappa shape index (κ2) is 8.75. The van der Waals surface area contributed by atoms with Gasteiger partial charge in [-0.1, -0.05) is 17.7 Å². The van der Waals surface area contributed by atoms with Crippen LogP contribution in [0.5, 0.6) is 0 Å². The minimum Gasteiger partial charge on any atom is -0.465 e. The molecular formula is C23H26N2O6. The Labute approximate surface area is 180 Å². The summed E-state index contributed by atoms with van der Waals surface area (Å²) in [7, 11) is 1.27. The van der Waals surface area contributed by atoms with Crippen molar-refractivity contribution in [2.75, 3.05) is 18.6 Å². The Hall–Kier alpha value is -3.42. The van der Waals surface area contributed by atoms with E-state index in [-0.39, 0.29) is 24.6 Å². The fourth-order valence-electron chi connectivity index (χ4n) is 3.77. The Morgan fingerprint density at radius 2 is 1.77 bits per heavy atom. The summed E-state index contributed by atoms with van der Waals surface area (Å²) in [5.74, 6) is -2.41. The van der Waals surface area contributed by atoms with E-state index in [1.54, 1.807) is 18.7 Å². The van der Waals surface area contributed by atoms with Crippen LogP contribution in [0.15, 0.2) is 24.3 Å². The van der Waals surface area contributed by atoms with Crippen molar-refractivity contribution in [3.63, 3.8) is 0 Å². The number of ether oxygens (including phenoxy) is 2. The number of nitrogens with one attached hydrogen (secondary N) is 1. The molecule has 1 aliphatic rings. The van der Waals surface area contributed by atoms with Crippen molar-refractivity contribution >= 4 is 29.3 Å². The number of hydrogen-bond acceptors (Lipinski definition) is 6. The van der Waals surface area contributed by atoms with Gasteiger partial charge in [-0.05, 0) is 45.4 Å². The Kier molecular flexibility index (Phi) is 6.29. The highest BCUT2D eigenvalue weighted by molar-refractivity contribution is 6.04. The van der Waals surface area contributed by atoms with Crippen LogP contribution in [0.2, 0.25) is 0 Å². The topological polar surface area (TPSA) is 106 Å². The molecule has 0 spiro atoms. The van der Waals surface area contributed by atoms with Gasteiger partial charge in [0, 0.05) is 24.3 Å². The number of aromatic nitrogens is 1. The number of carbonyl (C=O) groups is 4. The summed E-state index contributed by atoms with van der Waals surface area (Å²) >= 11 is 0. The predicted molar refractivity (Wildman–Crippen MR) is 113 cm³/mol. The van der Waals surface area contributed by atoms with Gasteiger partial charge in [-0.2, -0.15) is 0 Å². The SMILES string of the molecule is COC(=O)c1c(C)[nH]c(C(=O)[C@@H](C)OC(=O)[C@@H]2CC(=O)N(c3ccc(C)cc3)C2)c1C. The third kappa shape index (κ3) is 4.38. The van der Waals surface area contributed by atoms with Gasteiger partial charge in [0.15, 0.2) is 6.10 Å². The maximum Gasteiger partial charge on any atom is 0.339 e. The zero-order chi connectivity index (χ0) is 22.9. The third-order valence-corrected chi connectivity index (χ3v) is 5.54. The van der Waals surface area contributed by atoms with Crippen molar-refractivity contribution in [2.24, 2.45) is 5.92 Å². The first-order chi connectivity index (χ1) is 14.6. The van der Waals surface area contributed by atoms with Crippen LogP contribution in [0, 0.1) is 26.7 Å². The standard InChI is InChI=1S/C23H26N2O6/c1-12-6-8-17(9-7-12)25-11-16(10-18(25)26)22(28)31-15(4)21(27)20-13(2)19(14(3)24-20)23(29)30-5/h6-9,15-16,24H,10-11H2,1-5H3/t15-,16-/m1/s1. The molecule has 0 radical (unpaired) electrons. The summed E-state index contributed by atoms with van der Waals surface area (Å²) < 4.78 is 10.1. The van der Waals surface area contributed by atoms with Crippen LogP contribution in [-0.2, 0) is 19.1 Å². The van der Waals surface area contributed by atoms with Gasteiger partial charge in [-0.3, -0.25) is 14.4 Å². The molecular weight excluding hydrogens is 400 g/mol. The number of esters is 2. The molecule has 1 aromatic carbocycles. The zero-order valence-electron chi connectivity index (χ0n) is 18.3. The van der Waals surface area contributed by atoms with E-state index in [9.17, 15) is 19.2 Å². The average Bonchev–Trinajstić information content (AvgIpc) is 3.26. The van der Waals surface area contributed by atoms with Gasteiger partial charge < -0.3 is 19.4 Å². The van der Waals surface area contributed by atoms with Crippen molar-refractivity contribution in [3.8, 4) is 0 Å². The summed E-state index contributed by atoms with van der Waals surface area (Å²) in [4.78, 5) is 54.3. The van der Waals surface area contributed by atoms with Crippen LogP contribution in [0.25, 0.3) is 0 Å². The first kappa shape index (κ1) is 22.3. The minimum absolute atomic E-state index is 0.0285. The first-order valence-electron chi connectivity index (χ1n) is 10.0. The molecule has 0 saturated carbocycles. The molecule has 2 heterocycles. The molecule has 164 valence electrons. The van der Waals surface area contributed by atoms with E-state index in [1.807, 2.05) is 31.2 Å². The number of methoxy groups -OCH3 is 1. The number of rotatable bonds is 6. The van der Waals surface area contributed by atoms with Gasteiger partial charge in [0.25, 0.3) is 0 Å². The number of aromatic amines is 1. The van der Waals surface area contributed by atoms with Gasteiger partial charge in [-0.25, -0.2) is 4.79 Å². The Morgan fingerprint density at radius 3 is 2.39 bits per heavy atom. The van der Waals surface area contributed by atoms with Crippen LogP contribution in [0.1, 0.15) is 51.0 Å². The molecule has 2 atom stereocenters. The number of nitrogens with zero attached hydrogens (tertiary/aromatic N) is 1. The smallest absolute Gasteiger partial charge is 0.339 e. The lowest BCUT2D eigenvalue weighted by atomic mass is 10.1. The molecule has 8 nitrogen and oxygen atoms in total. The molecule has 0 bridgehead atoms.